The van der Waals surface area contributed by atoms with Gasteiger partial charge in [0.25, 0.3) is 0 Å². The number of nitrogens with one attached hydrogen (secondary N) is 1. The van der Waals surface area contributed by atoms with E-state index < -0.39 is 0 Å². The summed E-state index contributed by atoms with van der Waals surface area (Å²) in [6, 6.07) is 3.04. The van der Waals surface area contributed by atoms with Crippen LogP contribution in [0.15, 0.2) is 23.0 Å². The molecule has 1 aromatic heterocycles. The summed E-state index contributed by atoms with van der Waals surface area (Å²) in [6.07, 6.45) is 0. The average Bonchev–Trinajstić information content (AvgIpc) is 2.74. The number of nitrogens with two attached hydrogens (primary N) is 1. The zero-order chi connectivity index (χ0) is 11.5. The second-order valence-electron chi connectivity index (χ2n) is 3.52. The maximum Gasteiger partial charge on any atom is 0.128 e. The Kier molecular flexibility index (Phi) is 3.05. The maximum atomic E-state index is 13.2. The van der Waals surface area contributed by atoms with E-state index in [0.717, 1.165) is 11.4 Å². The van der Waals surface area contributed by atoms with Crippen LogP contribution in [0.3, 0.4) is 0 Å². The van der Waals surface area contributed by atoms with Crippen molar-refractivity contribution in [3.8, 4) is 0 Å². The summed E-state index contributed by atoms with van der Waals surface area (Å²) in [4.78, 5) is 4.14. The number of aryl methyl sites for hydroxylation is 1. The molecule has 0 bridgehead atoms. The summed E-state index contributed by atoms with van der Waals surface area (Å²) in [6.45, 7) is 2.31. The number of hydrogen-bond acceptors (Lipinski definition) is 4. The third-order valence-corrected chi connectivity index (χ3v) is 2.91. The molecule has 0 saturated carbocycles. The molecule has 1 heterocycles. The number of benzene rings is 1. The van der Waals surface area contributed by atoms with Gasteiger partial charge in [-0.2, -0.15) is 0 Å². The Morgan fingerprint density at radius 1 is 1.50 bits per heavy atom. The van der Waals surface area contributed by atoms with Crippen molar-refractivity contribution in [2.75, 3.05) is 11.1 Å². The van der Waals surface area contributed by atoms with Crippen LogP contribution < -0.4 is 11.1 Å². The van der Waals surface area contributed by atoms with Crippen LogP contribution in [-0.4, -0.2) is 4.98 Å². The number of rotatable bonds is 3. The average molecular weight is 237 g/mol. The highest BCUT2D eigenvalue weighted by Crippen LogP contribution is 2.23. The summed E-state index contributed by atoms with van der Waals surface area (Å²) in [5.41, 5.74) is 10.2. The van der Waals surface area contributed by atoms with Gasteiger partial charge in [-0.25, -0.2) is 9.37 Å². The van der Waals surface area contributed by atoms with Gasteiger partial charge in [0.2, 0.25) is 0 Å². The Balaban J connectivity index is 2.12. The Morgan fingerprint density at radius 3 is 3.00 bits per heavy atom. The van der Waals surface area contributed by atoms with Gasteiger partial charge in [0, 0.05) is 5.38 Å². The quantitative estimate of drug-likeness (QED) is 0.807. The van der Waals surface area contributed by atoms with Crippen LogP contribution in [0.1, 0.15) is 11.3 Å². The van der Waals surface area contributed by atoms with E-state index >= 15 is 0 Å². The third-order valence-electron chi connectivity index (χ3n) is 2.27. The van der Waals surface area contributed by atoms with Crippen LogP contribution in [0.4, 0.5) is 15.8 Å². The van der Waals surface area contributed by atoms with Gasteiger partial charge in [-0.05, 0) is 24.6 Å². The number of hydrogen-bond donors (Lipinski definition) is 2. The van der Waals surface area contributed by atoms with Gasteiger partial charge in [0.15, 0.2) is 0 Å². The summed E-state index contributed by atoms with van der Waals surface area (Å²) < 4.78 is 13.2. The smallest absolute Gasteiger partial charge is 0.128 e. The first-order valence-electron chi connectivity index (χ1n) is 4.83. The lowest BCUT2D eigenvalue weighted by atomic mass is 10.2. The first-order valence-corrected chi connectivity index (χ1v) is 5.77. The Bertz CT molecular complexity index is 482. The monoisotopic (exact) mass is 237 g/mol. The lowest BCUT2D eigenvalue weighted by Crippen LogP contribution is -2.03. The summed E-state index contributed by atoms with van der Waals surface area (Å²) in [5, 5.41) is 5.09. The minimum atomic E-state index is -0.281. The van der Waals surface area contributed by atoms with Crippen molar-refractivity contribution in [2.24, 2.45) is 0 Å². The first kappa shape index (κ1) is 10.9. The summed E-state index contributed by atoms with van der Waals surface area (Å²) in [7, 11) is 0. The Labute approximate surface area is 97.1 Å². The highest BCUT2D eigenvalue weighted by molar-refractivity contribution is 7.07. The van der Waals surface area contributed by atoms with Crippen LogP contribution in [0.5, 0.6) is 0 Å². The molecular formula is C11H12FN3S. The van der Waals surface area contributed by atoms with E-state index in [-0.39, 0.29) is 5.82 Å². The minimum Gasteiger partial charge on any atom is -0.397 e. The predicted octanol–water partition coefficient (Wildman–Crippen LogP) is 2.78. The molecule has 1 aromatic carbocycles. The van der Waals surface area contributed by atoms with Crippen LogP contribution in [0.2, 0.25) is 0 Å². The largest absolute Gasteiger partial charge is 0.397 e. The molecule has 0 fully saturated rings. The SMILES string of the molecule is Cc1cc(NCc2cscn2)c(N)cc1F. The van der Waals surface area contributed by atoms with Gasteiger partial charge < -0.3 is 11.1 Å². The molecule has 3 N–H and O–H groups in total. The minimum absolute atomic E-state index is 0.281. The first-order chi connectivity index (χ1) is 7.66. The van der Waals surface area contributed by atoms with E-state index in [0.29, 0.717) is 17.8 Å². The standard InChI is InChI=1S/C11H12FN3S/c1-7-2-11(10(13)3-9(7)12)14-4-8-5-16-6-15-8/h2-3,5-6,14H,4,13H2,1H3. The van der Waals surface area contributed by atoms with Crippen molar-refractivity contribution in [2.45, 2.75) is 13.5 Å². The van der Waals surface area contributed by atoms with Gasteiger partial charge in [-0.3, -0.25) is 0 Å². The summed E-state index contributed by atoms with van der Waals surface area (Å²) >= 11 is 1.54. The van der Waals surface area contributed by atoms with Crippen molar-refractivity contribution in [1.82, 2.24) is 4.98 Å². The van der Waals surface area contributed by atoms with E-state index in [1.54, 1.807) is 29.8 Å². The molecule has 16 heavy (non-hydrogen) atoms. The van der Waals surface area contributed by atoms with Gasteiger partial charge in [0.1, 0.15) is 5.82 Å². The molecule has 0 unspecified atom stereocenters. The van der Waals surface area contributed by atoms with E-state index in [1.165, 1.54) is 6.07 Å². The van der Waals surface area contributed by atoms with E-state index in [2.05, 4.69) is 10.3 Å². The number of nitrogens with zero attached hydrogens (tertiary/aromatic N) is 1. The second kappa shape index (κ2) is 4.49. The Morgan fingerprint density at radius 2 is 2.31 bits per heavy atom. The van der Waals surface area contributed by atoms with E-state index in [1.807, 2.05) is 5.38 Å². The van der Waals surface area contributed by atoms with Crippen molar-refractivity contribution >= 4 is 22.7 Å². The topological polar surface area (TPSA) is 50.9 Å². The highest BCUT2D eigenvalue weighted by Gasteiger charge is 2.04. The fraction of sp³-hybridized carbons (Fsp3) is 0.182. The number of anilines is 2. The van der Waals surface area contributed by atoms with Crippen LogP contribution in [-0.2, 0) is 6.54 Å². The molecule has 0 radical (unpaired) electrons. The normalized spacial score (nSPS) is 10.4. The number of aromatic nitrogens is 1. The fourth-order valence-electron chi connectivity index (χ4n) is 1.36. The zero-order valence-corrected chi connectivity index (χ0v) is 9.64. The third kappa shape index (κ3) is 2.30. The lowest BCUT2D eigenvalue weighted by molar-refractivity contribution is 0.619. The number of halogens is 1. The fourth-order valence-corrected chi connectivity index (χ4v) is 1.92. The van der Waals surface area contributed by atoms with Gasteiger partial charge in [0.05, 0.1) is 29.1 Å². The van der Waals surface area contributed by atoms with E-state index in [4.69, 9.17) is 5.73 Å². The molecule has 5 heteroatoms. The van der Waals surface area contributed by atoms with Gasteiger partial charge in [-0.15, -0.1) is 11.3 Å². The molecule has 0 saturated heterocycles. The number of thiazole rings is 1. The van der Waals surface area contributed by atoms with Crippen molar-refractivity contribution < 1.29 is 4.39 Å². The predicted molar refractivity (Wildman–Crippen MR) is 65.0 cm³/mol. The molecule has 84 valence electrons. The molecular weight excluding hydrogens is 225 g/mol. The molecule has 0 atom stereocenters. The van der Waals surface area contributed by atoms with Crippen LogP contribution in [0, 0.1) is 12.7 Å². The molecule has 0 amide bonds. The maximum absolute atomic E-state index is 13.2. The van der Waals surface area contributed by atoms with Crippen LogP contribution in [0.25, 0.3) is 0 Å². The molecule has 0 spiro atoms. The van der Waals surface area contributed by atoms with Crippen LogP contribution >= 0.6 is 11.3 Å². The summed E-state index contributed by atoms with van der Waals surface area (Å²) in [5.74, 6) is -0.281. The molecule has 3 nitrogen and oxygen atoms in total. The molecule has 0 aliphatic rings. The van der Waals surface area contributed by atoms with Gasteiger partial charge in [-0.1, -0.05) is 0 Å². The molecule has 2 aromatic rings. The second-order valence-corrected chi connectivity index (χ2v) is 4.24. The van der Waals surface area contributed by atoms with Gasteiger partial charge >= 0.3 is 0 Å². The van der Waals surface area contributed by atoms with Crippen molar-refractivity contribution in [3.05, 3.63) is 40.1 Å². The Hall–Kier alpha value is -1.62. The molecule has 0 aliphatic heterocycles. The molecule has 2 rings (SSSR count). The lowest BCUT2D eigenvalue weighted by Gasteiger charge is -2.09. The van der Waals surface area contributed by atoms with Crippen molar-refractivity contribution in [3.63, 3.8) is 0 Å². The zero-order valence-electron chi connectivity index (χ0n) is 8.83. The molecule has 0 aliphatic carbocycles. The van der Waals surface area contributed by atoms with E-state index in [9.17, 15) is 4.39 Å². The van der Waals surface area contributed by atoms with Crippen molar-refractivity contribution in [1.29, 1.82) is 0 Å². The highest BCUT2D eigenvalue weighted by atomic mass is 32.1. The number of nitrogen functional groups attached to an aromatic ring is 1.